The smallest absolute Gasteiger partial charge is 0.310 e. The van der Waals surface area contributed by atoms with Gasteiger partial charge in [0.25, 0.3) is 5.91 Å². The van der Waals surface area contributed by atoms with Crippen molar-refractivity contribution >= 4 is 11.9 Å². The number of carbonyl (C=O) groups excluding carboxylic acids is 2. The highest BCUT2D eigenvalue weighted by atomic mass is 16.5. The summed E-state index contributed by atoms with van der Waals surface area (Å²) in [4.78, 5) is 26.0. The molecule has 1 N–H and O–H groups in total. The Morgan fingerprint density at radius 2 is 2.19 bits per heavy atom. The molecule has 5 nitrogen and oxygen atoms in total. The molecule has 1 fully saturated rings. The number of phenolic OH excluding ortho intramolecular Hbond substituents is 1. The Labute approximate surface area is 124 Å². The summed E-state index contributed by atoms with van der Waals surface area (Å²) in [5, 5.41) is 9.86. The lowest BCUT2D eigenvalue weighted by Crippen LogP contribution is -2.42. The third kappa shape index (κ3) is 3.54. The van der Waals surface area contributed by atoms with Crippen molar-refractivity contribution in [1.82, 2.24) is 4.90 Å². The molecule has 0 unspecified atom stereocenters. The van der Waals surface area contributed by atoms with Gasteiger partial charge in [-0.1, -0.05) is 11.6 Å². The Kier molecular flexibility index (Phi) is 4.83. The fraction of sp³-hybridized carbons (Fsp3) is 0.500. The molecule has 1 heterocycles. The molecule has 1 aliphatic rings. The van der Waals surface area contributed by atoms with Crippen molar-refractivity contribution in [2.75, 3.05) is 19.7 Å². The summed E-state index contributed by atoms with van der Waals surface area (Å²) < 4.78 is 5.03. The Hall–Kier alpha value is -2.04. The van der Waals surface area contributed by atoms with Crippen LogP contribution < -0.4 is 0 Å². The van der Waals surface area contributed by atoms with E-state index in [1.165, 1.54) is 6.07 Å². The average molecular weight is 291 g/mol. The molecular formula is C16H21NO4. The molecule has 0 spiro atoms. The van der Waals surface area contributed by atoms with Crippen LogP contribution in [-0.4, -0.2) is 41.6 Å². The Balaban J connectivity index is 2.12. The van der Waals surface area contributed by atoms with Crippen molar-refractivity contribution in [1.29, 1.82) is 0 Å². The first-order chi connectivity index (χ1) is 10.0. The van der Waals surface area contributed by atoms with Crippen molar-refractivity contribution in [3.63, 3.8) is 0 Å². The van der Waals surface area contributed by atoms with Gasteiger partial charge in [-0.05, 0) is 38.8 Å². The van der Waals surface area contributed by atoms with Gasteiger partial charge < -0.3 is 14.7 Å². The fourth-order valence-corrected chi connectivity index (χ4v) is 2.61. The predicted octanol–water partition coefficient (Wildman–Crippen LogP) is 2.12. The first-order valence-electron chi connectivity index (χ1n) is 7.28. The van der Waals surface area contributed by atoms with Crippen LogP contribution >= 0.6 is 0 Å². The number of carbonyl (C=O) groups is 2. The second kappa shape index (κ2) is 6.61. The number of hydrogen-bond donors (Lipinski definition) is 1. The van der Waals surface area contributed by atoms with E-state index in [9.17, 15) is 14.7 Å². The molecule has 114 valence electrons. The van der Waals surface area contributed by atoms with Gasteiger partial charge in [0.1, 0.15) is 5.75 Å². The quantitative estimate of drug-likeness (QED) is 0.866. The van der Waals surface area contributed by atoms with E-state index in [4.69, 9.17) is 4.74 Å². The van der Waals surface area contributed by atoms with Gasteiger partial charge in [0.05, 0.1) is 18.1 Å². The van der Waals surface area contributed by atoms with Gasteiger partial charge in [-0.2, -0.15) is 0 Å². The second-order valence-corrected chi connectivity index (χ2v) is 5.36. The third-order valence-corrected chi connectivity index (χ3v) is 3.71. The van der Waals surface area contributed by atoms with Gasteiger partial charge in [-0.15, -0.1) is 0 Å². The molecule has 1 saturated heterocycles. The summed E-state index contributed by atoms with van der Waals surface area (Å²) in [5.74, 6) is -0.771. The number of phenols is 1. The number of esters is 1. The minimum atomic E-state index is -0.269. The van der Waals surface area contributed by atoms with E-state index in [0.717, 1.165) is 18.4 Å². The van der Waals surface area contributed by atoms with Crippen molar-refractivity contribution < 1.29 is 19.4 Å². The standard InChI is InChI=1S/C16H21NO4/c1-3-21-16(20)12-5-4-8-17(10-12)15(19)13-9-11(2)6-7-14(13)18/h6-7,9,12,18H,3-5,8,10H2,1-2H3/t12-/m0/s1. The van der Waals surface area contributed by atoms with Crippen molar-refractivity contribution in [3.8, 4) is 5.75 Å². The number of piperidine rings is 1. The number of amides is 1. The van der Waals surface area contributed by atoms with Crippen LogP contribution in [0.1, 0.15) is 35.7 Å². The number of rotatable bonds is 3. The first-order valence-corrected chi connectivity index (χ1v) is 7.28. The average Bonchev–Trinajstić information content (AvgIpc) is 2.49. The molecule has 0 radical (unpaired) electrons. The topological polar surface area (TPSA) is 66.8 Å². The number of nitrogens with zero attached hydrogens (tertiary/aromatic N) is 1. The minimum Gasteiger partial charge on any atom is -0.507 e. The molecule has 0 aliphatic carbocycles. The van der Waals surface area contributed by atoms with E-state index in [2.05, 4.69) is 0 Å². The molecular weight excluding hydrogens is 270 g/mol. The lowest BCUT2D eigenvalue weighted by atomic mass is 9.97. The number of ether oxygens (including phenoxy) is 1. The van der Waals surface area contributed by atoms with Crippen LogP contribution in [0.3, 0.4) is 0 Å². The highest BCUT2D eigenvalue weighted by Gasteiger charge is 2.30. The van der Waals surface area contributed by atoms with Crippen LogP contribution in [0.15, 0.2) is 18.2 Å². The number of aryl methyl sites for hydroxylation is 1. The predicted molar refractivity (Wildman–Crippen MR) is 78.1 cm³/mol. The summed E-state index contributed by atoms with van der Waals surface area (Å²) in [7, 11) is 0. The zero-order chi connectivity index (χ0) is 15.4. The number of benzene rings is 1. The summed E-state index contributed by atoms with van der Waals surface area (Å²) >= 11 is 0. The number of aromatic hydroxyl groups is 1. The fourth-order valence-electron chi connectivity index (χ4n) is 2.61. The monoisotopic (exact) mass is 291 g/mol. The van der Waals surface area contributed by atoms with Crippen LogP contribution in [0.4, 0.5) is 0 Å². The van der Waals surface area contributed by atoms with Crippen molar-refractivity contribution in [3.05, 3.63) is 29.3 Å². The second-order valence-electron chi connectivity index (χ2n) is 5.36. The zero-order valence-corrected chi connectivity index (χ0v) is 12.5. The largest absolute Gasteiger partial charge is 0.507 e. The molecule has 5 heteroatoms. The van der Waals surface area contributed by atoms with Gasteiger partial charge in [-0.3, -0.25) is 9.59 Å². The van der Waals surface area contributed by atoms with Crippen LogP contribution in [0.5, 0.6) is 5.75 Å². The summed E-state index contributed by atoms with van der Waals surface area (Å²) in [6.07, 6.45) is 1.50. The van der Waals surface area contributed by atoms with Gasteiger partial charge in [0, 0.05) is 13.1 Å². The van der Waals surface area contributed by atoms with Gasteiger partial charge in [0.2, 0.25) is 0 Å². The molecule has 1 amide bonds. The summed E-state index contributed by atoms with van der Waals surface area (Å²) in [6.45, 7) is 4.94. The van der Waals surface area contributed by atoms with E-state index in [0.29, 0.717) is 25.3 Å². The maximum atomic E-state index is 12.5. The van der Waals surface area contributed by atoms with Gasteiger partial charge in [-0.25, -0.2) is 0 Å². The summed E-state index contributed by atoms with van der Waals surface area (Å²) in [5.41, 5.74) is 1.20. The van der Waals surface area contributed by atoms with Crippen molar-refractivity contribution in [2.24, 2.45) is 5.92 Å². The lowest BCUT2D eigenvalue weighted by molar-refractivity contribution is -0.149. The van der Waals surface area contributed by atoms with E-state index in [1.54, 1.807) is 24.0 Å². The number of hydrogen-bond acceptors (Lipinski definition) is 4. The molecule has 0 bridgehead atoms. The minimum absolute atomic E-state index is 0.0242. The third-order valence-electron chi connectivity index (χ3n) is 3.71. The van der Waals surface area contributed by atoms with Crippen LogP contribution in [-0.2, 0) is 9.53 Å². The molecule has 2 rings (SSSR count). The molecule has 0 saturated carbocycles. The van der Waals surface area contributed by atoms with Crippen LogP contribution in [0.25, 0.3) is 0 Å². The van der Waals surface area contributed by atoms with Gasteiger partial charge >= 0.3 is 5.97 Å². The lowest BCUT2D eigenvalue weighted by Gasteiger charge is -2.31. The number of likely N-dealkylation sites (tertiary alicyclic amines) is 1. The van der Waals surface area contributed by atoms with E-state index in [-0.39, 0.29) is 23.5 Å². The molecule has 1 aromatic rings. The Morgan fingerprint density at radius 3 is 2.90 bits per heavy atom. The maximum Gasteiger partial charge on any atom is 0.310 e. The van der Waals surface area contributed by atoms with Gasteiger partial charge in [0.15, 0.2) is 0 Å². The normalized spacial score (nSPS) is 18.4. The molecule has 1 aliphatic heterocycles. The SMILES string of the molecule is CCOC(=O)[C@H]1CCCN(C(=O)c2cc(C)ccc2O)C1. The molecule has 1 atom stereocenters. The Morgan fingerprint density at radius 1 is 1.43 bits per heavy atom. The van der Waals surface area contributed by atoms with Crippen LogP contribution in [0, 0.1) is 12.8 Å². The molecule has 21 heavy (non-hydrogen) atoms. The van der Waals surface area contributed by atoms with E-state index in [1.807, 2.05) is 6.92 Å². The summed E-state index contributed by atoms with van der Waals surface area (Å²) in [6, 6.07) is 4.95. The van der Waals surface area contributed by atoms with E-state index < -0.39 is 0 Å². The van der Waals surface area contributed by atoms with E-state index >= 15 is 0 Å². The van der Waals surface area contributed by atoms with Crippen LogP contribution in [0.2, 0.25) is 0 Å². The maximum absolute atomic E-state index is 12.5. The molecule has 1 aromatic carbocycles. The Bertz CT molecular complexity index is 541. The first kappa shape index (κ1) is 15.4. The highest BCUT2D eigenvalue weighted by molar-refractivity contribution is 5.97. The highest BCUT2D eigenvalue weighted by Crippen LogP contribution is 2.24. The molecule has 0 aromatic heterocycles. The van der Waals surface area contributed by atoms with Crippen molar-refractivity contribution in [2.45, 2.75) is 26.7 Å². The zero-order valence-electron chi connectivity index (χ0n) is 12.5.